The topological polar surface area (TPSA) is 92.4 Å². The van der Waals surface area contributed by atoms with Crippen molar-refractivity contribution < 1.29 is 23.8 Å². The van der Waals surface area contributed by atoms with Crippen molar-refractivity contribution in [1.82, 2.24) is 0 Å². The van der Waals surface area contributed by atoms with E-state index in [1.165, 1.54) is 7.11 Å². The van der Waals surface area contributed by atoms with Crippen molar-refractivity contribution in [3.63, 3.8) is 0 Å². The molecule has 0 aliphatic rings. The molecule has 0 heterocycles. The van der Waals surface area contributed by atoms with Crippen molar-refractivity contribution in [2.24, 2.45) is 10.9 Å². The van der Waals surface area contributed by atoms with E-state index in [1.807, 2.05) is 36.4 Å². The van der Waals surface area contributed by atoms with Crippen LogP contribution in [0.15, 0.2) is 59.8 Å². The number of carbonyl (C=O) groups is 1. The fourth-order valence-electron chi connectivity index (χ4n) is 3.00. The molecule has 2 N–H and O–H groups in total. The third-order valence-electron chi connectivity index (χ3n) is 4.84. The van der Waals surface area contributed by atoms with Crippen LogP contribution in [0.1, 0.15) is 24.0 Å². The molecule has 156 valence electrons. The first-order valence-corrected chi connectivity index (χ1v) is 9.31. The molecule has 0 bridgehead atoms. The SMILES string of the molecule is COc1ccc2cc(C(C)C(=O)O/N=C(\N)c3ccc(OC)c(OC)c3)ccc2c1. The van der Waals surface area contributed by atoms with Crippen LogP contribution in [0.5, 0.6) is 17.2 Å². The second-order valence-corrected chi connectivity index (χ2v) is 6.65. The van der Waals surface area contributed by atoms with E-state index in [-0.39, 0.29) is 5.84 Å². The highest BCUT2D eigenvalue weighted by Gasteiger charge is 2.18. The molecule has 0 saturated carbocycles. The Morgan fingerprint density at radius 1 is 0.867 bits per heavy atom. The van der Waals surface area contributed by atoms with Gasteiger partial charge in [-0.2, -0.15) is 0 Å². The van der Waals surface area contributed by atoms with E-state index in [2.05, 4.69) is 5.16 Å². The Balaban J connectivity index is 1.74. The number of benzene rings is 3. The lowest BCUT2D eigenvalue weighted by molar-refractivity contribution is -0.145. The number of nitrogens with zero attached hydrogens (tertiary/aromatic N) is 1. The molecule has 0 spiro atoms. The van der Waals surface area contributed by atoms with Crippen molar-refractivity contribution in [2.45, 2.75) is 12.8 Å². The Kier molecular flexibility index (Phi) is 6.41. The van der Waals surface area contributed by atoms with Crippen molar-refractivity contribution in [2.75, 3.05) is 21.3 Å². The molecule has 0 saturated heterocycles. The summed E-state index contributed by atoms with van der Waals surface area (Å²) < 4.78 is 15.7. The maximum atomic E-state index is 12.5. The summed E-state index contributed by atoms with van der Waals surface area (Å²) in [6, 6.07) is 16.6. The molecule has 0 radical (unpaired) electrons. The number of hydrogen-bond acceptors (Lipinski definition) is 6. The number of carbonyl (C=O) groups excluding carboxylic acids is 1. The van der Waals surface area contributed by atoms with Gasteiger partial charge in [-0.25, -0.2) is 4.79 Å². The average molecular weight is 408 g/mol. The molecule has 0 aliphatic carbocycles. The maximum Gasteiger partial charge on any atom is 0.342 e. The summed E-state index contributed by atoms with van der Waals surface area (Å²) in [5, 5.41) is 5.81. The minimum Gasteiger partial charge on any atom is -0.497 e. The summed E-state index contributed by atoms with van der Waals surface area (Å²) in [4.78, 5) is 17.6. The normalized spacial score (nSPS) is 12.3. The molecule has 3 aromatic rings. The zero-order valence-corrected chi connectivity index (χ0v) is 17.3. The quantitative estimate of drug-likeness (QED) is 0.276. The molecule has 30 heavy (non-hydrogen) atoms. The minimum absolute atomic E-state index is 0.0575. The largest absolute Gasteiger partial charge is 0.497 e. The Hall–Kier alpha value is -3.74. The van der Waals surface area contributed by atoms with Gasteiger partial charge in [0.05, 0.1) is 27.2 Å². The van der Waals surface area contributed by atoms with Crippen molar-refractivity contribution >= 4 is 22.6 Å². The van der Waals surface area contributed by atoms with Gasteiger partial charge in [0.1, 0.15) is 5.75 Å². The molecule has 3 aromatic carbocycles. The maximum absolute atomic E-state index is 12.5. The van der Waals surface area contributed by atoms with Crippen LogP contribution in [0, 0.1) is 0 Å². The summed E-state index contributed by atoms with van der Waals surface area (Å²) in [5.74, 6) is 0.878. The van der Waals surface area contributed by atoms with E-state index in [0.29, 0.717) is 17.1 Å². The second kappa shape index (κ2) is 9.17. The van der Waals surface area contributed by atoms with Crippen LogP contribution in [-0.2, 0) is 9.63 Å². The lowest BCUT2D eigenvalue weighted by atomic mass is 9.98. The molecular formula is C23H24N2O5. The van der Waals surface area contributed by atoms with Crippen LogP contribution >= 0.6 is 0 Å². The number of nitrogens with two attached hydrogens (primary N) is 1. The highest BCUT2D eigenvalue weighted by molar-refractivity contribution is 5.98. The molecule has 3 rings (SSSR count). The Morgan fingerprint density at radius 2 is 1.57 bits per heavy atom. The van der Waals surface area contributed by atoms with Crippen molar-refractivity contribution in [3.05, 3.63) is 65.7 Å². The van der Waals surface area contributed by atoms with Crippen LogP contribution in [0.2, 0.25) is 0 Å². The van der Waals surface area contributed by atoms with Crippen LogP contribution in [-0.4, -0.2) is 33.1 Å². The van der Waals surface area contributed by atoms with Gasteiger partial charge >= 0.3 is 5.97 Å². The monoisotopic (exact) mass is 408 g/mol. The van der Waals surface area contributed by atoms with E-state index >= 15 is 0 Å². The van der Waals surface area contributed by atoms with Crippen molar-refractivity contribution in [3.8, 4) is 17.2 Å². The van der Waals surface area contributed by atoms with Gasteiger partial charge in [0.15, 0.2) is 17.3 Å². The lowest BCUT2D eigenvalue weighted by Gasteiger charge is -2.11. The minimum atomic E-state index is -0.515. The Bertz CT molecular complexity index is 1090. The molecular weight excluding hydrogens is 384 g/mol. The average Bonchev–Trinajstić information content (AvgIpc) is 2.80. The van der Waals surface area contributed by atoms with E-state index in [9.17, 15) is 4.79 Å². The number of oxime groups is 1. The predicted octanol–water partition coefficient (Wildman–Crippen LogP) is 3.83. The first-order chi connectivity index (χ1) is 14.5. The molecule has 0 amide bonds. The summed E-state index contributed by atoms with van der Waals surface area (Å²) in [6.45, 7) is 1.76. The highest BCUT2D eigenvalue weighted by atomic mass is 16.7. The van der Waals surface area contributed by atoms with Gasteiger partial charge in [0.2, 0.25) is 0 Å². The molecule has 0 aromatic heterocycles. The summed E-state index contributed by atoms with van der Waals surface area (Å²) >= 11 is 0. The molecule has 7 nitrogen and oxygen atoms in total. The lowest BCUT2D eigenvalue weighted by Crippen LogP contribution is -2.17. The first kappa shape index (κ1) is 21.0. The van der Waals surface area contributed by atoms with Gasteiger partial charge < -0.3 is 24.8 Å². The number of fused-ring (bicyclic) bond motifs is 1. The number of ether oxygens (including phenoxy) is 3. The fraction of sp³-hybridized carbons (Fsp3) is 0.217. The van der Waals surface area contributed by atoms with Crippen LogP contribution < -0.4 is 19.9 Å². The highest BCUT2D eigenvalue weighted by Crippen LogP contribution is 2.28. The standard InChI is InChI=1S/C23H24N2O5/c1-14(15-5-6-17-12-19(27-2)9-7-16(17)11-15)23(26)30-25-22(24)18-8-10-20(28-3)21(13-18)29-4/h5-14H,1-4H3,(H2,24,25). The van der Waals surface area contributed by atoms with Crippen molar-refractivity contribution in [1.29, 1.82) is 0 Å². The molecule has 0 aliphatic heterocycles. The fourth-order valence-corrected chi connectivity index (χ4v) is 3.00. The summed E-state index contributed by atoms with van der Waals surface area (Å²) in [5.41, 5.74) is 7.33. The summed E-state index contributed by atoms with van der Waals surface area (Å²) in [6.07, 6.45) is 0. The van der Waals surface area contributed by atoms with E-state index in [1.54, 1.807) is 39.3 Å². The van der Waals surface area contributed by atoms with Gasteiger partial charge in [-0.05, 0) is 53.6 Å². The number of rotatable bonds is 7. The van der Waals surface area contributed by atoms with E-state index in [0.717, 1.165) is 22.1 Å². The van der Waals surface area contributed by atoms with Crippen LogP contribution in [0.3, 0.4) is 0 Å². The van der Waals surface area contributed by atoms with E-state index in [4.69, 9.17) is 24.8 Å². The van der Waals surface area contributed by atoms with Gasteiger partial charge in [-0.15, -0.1) is 0 Å². The zero-order valence-electron chi connectivity index (χ0n) is 17.3. The third-order valence-corrected chi connectivity index (χ3v) is 4.84. The predicted molar refractivity (Wildman–Crippen MR) is 115 cm³/mol. The van der Waals surface area contributed by atoms with Gasteiger partial charge in [-0.1, -0.05) is 29.4 Å². The van der Waals surface area contributed by atoms with Gasteiger partial charge in [0, 0.05) is 5.56 Å². The van der Waals surface area contributed by atoms with Crippen LogP contribution in [0.4, 0.5) is 0 Å². The number of amidine groups is 1. The smallest absolute Gasteiger partial charge is 0.342 e. The molecule has 7 heteroatoms. The van der Waals surface area contributed by atoms with Gasteiger partial charge in [-0.3, -0.25) is 0 Å². The molecule has 1 atom stereocenters. The summed E-state index contributed by atoms with van der Waals surface area (Å²) in [7, 11) is 4.69. The second-order valence-electron chi connectivity index (χ2n) is 6.65. The molecule has 0 fully saturated rings. The third kappa shape index (κ3) is 4.46. The van der Waals surface area contributed by atoms with E-state index < -0.39 is 11.9 Å². The first-order valence-electron chi connectivity index (χ1n) is 9.31. The number of hydrogen-bond donors (Lipinski definition) is 1. The zero-order chi connectivity index (χ0) is 21.7. The Morgan fingerprint density at radius 3 is 2.27 bits per heavy atom. The number of methoxy groups -OCH3 is 3. The van der Waals surface area contributed by atoms with Gasteiger partial charge in [0.25, 0.3) is 0 Å². The van der Waals surface area contributed by atoms with Crippen LogP contribution in [0.25, 0.3) is 10.8 Å². The Labute approximate surface area is 175 Å². The molecule has 1 unspecified atom stereocenters.